The van der Waals surface area contributed by atoms with E-state index in [2.05, 4.69) is 4.72 Å². The molecule has 0 aliphatic rings. The minimum atomic E-state index is -3.14. The predicted octanol–water partition coefficient (Wildman–Crippen LogP) is 0.443. The molecule has 0 aromatic heterocycles. The molecular weight excluding hydrogens is 188 g/mol. The summed E-state index contributed by atoms with van der Waals surface area (Å²) in [6.45, 7) is 6.10. The first-order chi connectivity index (χ1) is 5.83. The van der Waals surface area contributed by atoms with Gasteiger partial charge in [-0.05, 0) is 33.2 Å². The lowest BCUT2D eigenvalue weighted by molar-refractivity contribution is 0.439. The zero-order chi connectivity index (χ0) is 10.5. The Morgan fingerprint density at radius 3 is 2.31 bits per heavy atom. The van der Waals surface area contributed by atoms with Crippen LogP contribution in [0.15, 0.2) is 0 Å². The van der Waals surface area contributed by atoms with Crippen LogP contribution in [0.25, 0.3) is 0 Å². The Balaban J connectivity index is 4.18. The Morgan fingerprint density at radius 2 is 1.92 bits per heavy atom. The van der Waals surface area contributed by atoms with Crippen molar-refractivity contribution in [1.82, 2.24) is 4.72 Å². The molecule has 0 fully saturated rings. The minimum Gasteiger partial charge on any atom is -0.330 e. The molecule has 5 heteroatoms. The van der Waals surface area contributed by atoms with E-state index in [0.29, 0.717) is 13.0 Å². The number of hydrogen-bond donors (Lipinski definition) is 2. The van der Waals surface area contributed by atoms with Gasteiger partial charge >= 0.3 is 0 Å². The van der Waals surface area contributed by atoms with Gasteiger partial charge in [-0.1, -0.05) is 6.92 Å². The van der Waals surface area contributed by atoms with Crippen molar-refractivity contribution in [2.45, 2.75) is 39.2 Å². The lowest BCUT2D eigenvalue weighted by Crippen LogP contribution is -2.43. The first-order valence-electron chi connectivity index (χ1n) is 4.55. The maximum absolute atomic E-state index is 11.4. The maximum Gasteiger partial charge on any atom is 0.212 e. The summed E-state index contributed by atoms with van der Waals surface area (Å²) in [5, 5.41) is 0. The van der Waals surface area contributed by atoms with Gasteiger partial charge in [0.2, 0.25) is 10.0 Å². The standard InChI is InChI=1S/C8H20N2O2S/c1-4-8(2,3)10-13(11,12)7-5-6-9/h10H,4-7,9H2,1-3H3. The van der Waals surface area contributed by atoms with Crippen molar-refractivity contribution in [1.29, 1.82) is 0 Å². The van der Waals surface area contributed by atoms with E-state index >= 15 is 0 Å². The van der Waals surface area contributed by atoms with Crippen molar-refractivity contribution in [3.8, 4) is 0 Å². The summed E-state index contributed by atoms with van der Waals surface area (Å²) in [4.78, 5) is 0. The monoisotopic (exact) mass is 208 g/mol. The number of nitrogens with two attached hydrogens (primary N) is 1. The summed E-state index contributed by atoms with van der Waals surface area (Å²) in [6, 6.07) is 0. The van der Waals surface area contributed by atoms with Crippen molar-refractivity contribution in [3.63, 3.8) is 0 Å². The molecule has 0 rings (SSSR count). The van der Waals surface area contributed by atoms with Crippen LogP contribution in [-0.2, 0) is 10.0 Å². The summed E-state index contributed by atoms with van der Waals surface area (Å²) in [6.07, 6.45) is 1.28. The molecule has 0 spiro atoms. The van der Waals surface area contributed by atoms with E-state index in [1.54, 1.807) is 0 Å². The molecule has 0 amide bonds. The van der Waals surface area contributed by atoms with Crippen LogP contribution in [-0.4, -0.2) is 26.3 Å². The molecule has 0 aliphatic carbocycles. The normalized spacial score (nSPS) is 13.2. The second kappa shape index (κ2) is 4.93. The lowest BCUT2D eigenvalue weighted by Gasteiger charge is -2.23. The Morgan fingerprint density at radius 1 is 1.38 bits per heavy atom. The van der Waals surface area contributed by atoms with Crippen LogP contribution in [0.4, 0.5) is 0 Å². The first kappa shape index (κ1) is 12.9. The van der Waals surface area contributed by atoms with E-state index in [9.17, 15) is 8.42 Å². The third-order valence-corrected chi connectivity index (χ3v) is 3.62. The molecule has 80 valence electrons. The molecule has 0 heterocycles. The molecule has 0 aliphatic heterocycles. The second-order valence-corrected chi connectivity index (χ2v) is 5.64. The molecule has 4 nitrogen and oxygen atoms in total. The van der Waals surface area contributed by atoms with Crippen LogP contribution in [0.1, 0.15) is 33.6 Å². The number of rotatable bonds is 6. The smallest absolute Gasteiger partial charge is 0.212 e. The molecule has 0 radical (unpaired) electrons. The molecule has 0 saturated heterocycles. The van der Waals surface area contributed by atoms with Gasteiger partial charge in [-0.3, -0.25) is 0 Å². The van der Waals surface area contributed by atoms with E-state index in [1.807, 2.05) is 20.8 Å². The predicted molar refractivity (Wildman–Crippen MR) is 55.0 cm³/mol. The summed E-state index contributed by atoms with van der Waals surface area (Å²) < 4.78 is 25.4. The summed E-state index contributed by atoms with van der Waals surface area (Å²) >= 11 is 0. The third-order valence-electron chi connectivity index (χ3n) is 1.93. The highest BCUT2D eigenvalue weighted by atomic mass is 32.2. The number of sulfonamides is 1. The van der Waals surface area contributed by atoms with Crippen LogP contribution in [0.5, 0.6) is 0 Å². The lowest BCUT2D eigenvalue weighted by atomic mass is 10.0. The Labute approximate surface area is 80.9 Å². The summed E-state index contributed by atoms with van der Waals surface area (Å²) in [5.41, 5.74) is 4.89. The van der Waals surface area contributed by atoms with Gasteiger partial charge in [0.05, 0.1) is 5.75 Å². The van der Waals surface area contributed by atoms with Gasteiger partial charge in [-0.25, -0.2) is 13.1 Å². The van der Waals surface area contributed by atoms with Crippen molar-refractivity contribution in [2.24, 2.45) is 5.73 Å². The molecule has 13 heavy (non-hydrogen) atoms. The Bertz CT molecular complexity index is 235. The maximum atomic E-state index is 11.4. The fourth-order valence-electron chi connectivity index (χ4n) is 0.818. The highest BCUT2D eigenvalue weighted by molar-refractivity contribution is 7.89. The second-order valence-electron chi connectivity index (χ2n) is 3.80. The van der Waals surface area contributed by atoms with Gasteiger partial charge in [-0.2, -0.15) is 0 Å². The highest BCUT2D eigenvalue weighted by Crippen LogP contribution is 2.09. The zero-order valence-corrected chi connectivity index (χ0v) is 9.45. The van der Waals surface area contributed by atoms with Gasteiger partial charge < -0.3 is 5.73 Å². The van der Waals surface area contributed by atoms with Crippen LogP contribution in [0, 0.1) is 0 Å². The molecule has 3 N–H and O–H groups in total. The fraction of sp³-hybridized carbons (Fsp3) is 1.00. The number of nitrogens with one attached hydrogen (secondary N) is 1. The van der Waals surface area contributed by atoms with E-state index in [0.717, 1.165) is 6.42 Å². The van der Waals surface area contributed by atoms with Gasteiger partial charge in [0.25, 0.3) is 0 Å². The average Bonchev–Trinajstić information content (AvgIpc) is 1.99. The fourth-order valence-corrected chi connectivity index (χ4v) is 2.45. The van der Waals surface area contributed by atoms with Crippen LogP contribution < -0.4 is 10.5 Å². The molecule has 0 aromatic carbocycles. The molecule has 0 bridgehead atoms. The molecule has 0 atom stereocenters. The van der Waals surface area contributed by atoms with E-state index in [4.69, 9.17) is 5.73 Å². The van der Waals surface area contributed by atoms with Gasteiger partial charge in [-0.15, -0.1) is 0 Å². The highest BCUT2D eigenvalue weighted by Gasteiger charge is 2.21. The molecular formula is C8H20N2O2S. The molecule has 0 unspecified atom stereocenters. The van der Waals surface area contributed by atoms with Crippen molar-refractivity contribution >= 4 is 10.0 Å². The minimum absolute atomic E-state index is 0.118. The van der Waals surface area contributed by atoms with Gasteiger partial charge in [0.1, 0.15) is 0 Å². The summed E-state index contributed by atoms with van der Waals surface area (Å²) in [7, 11) is -3.14. The number of hydrogen-bond acceptors (Lipinski definition) is 3. The Hall–Kier alpha value is -0.130. The molecule has 0 aromatic rings. The third kappa shape index (κ3) is 6.01. The van der Waals surface area contributed by atoms with E-state index in [-0.39, 0.29) is 11.3 Å². The van der Waals surface area contributed by atoms with Crippen molar-refractivity contribution < 1.29 is 8.42 Å². The van der Waals surface area contributed by atoms with Crippen LogP contribution in [0.2, 0.25) is 0 Å². The first-order valence-corrected chi connectivity index (χ1v) is 6.20. The van der Waals surface area contributed by atoms with E-state index in [1.165, 1.54) is 0 Å². The van der Waals surface area contributed by atoms with E-state index < -0.39 is 10.0 Å². The van der Waals surface area contributed by atoms with Gasteiger partial charge in [0, 0.05) is 5.54 Å². The average molecular weight is 208 g/mol. The van der Waals surface area contributed by atoms with Crippen LogP contribution >= 0.6 is 0 Å². The summed E-state index contributed by atoms with van der Waals surface area (Å²) in [5.74, 6) is 0.118. The molecule has 0 saturated carbocycles. The van der Waals surface area contributed by atoms with Crippen LogP contribution in [0.3, 0.4) is 0 Å². The van der Waals surface area contributed by atoms with Crippen molar-refractivity contribution in [2.75, 3.05) is 12.3 Å². The quantitative estimate of drug-likeness (QED) is 0.665. The topological polar surface area (TPSA) is 72.2 Å². The van der Waals surface area contributed by atoms with Crippen molar-refractivity contribution in [3.05, 3.63) is 0 Å². The SMILES string of the molecule is CCC(C)(C)NS(=O)(=O)CCCN. The van der Waals surface area contributed by atoms with Gasteiger partial charge in [0.15, 0.2) is 0 Å². The zero-order valence-electron chi connectivity index (χ0n) is 8.63. The Kier molecular flexibility index (Phi) is 4.88. The largest absolute Gasteiger partial charge is 0.330 e.